The molecule has 2 aliphatic rings. The molecule has 3 rings (SSSR count). The van der Waals surface area contributed by atoms with E-state index in [1.54, 1.807) is 12.1 Å². The van der Waals surface area contributed by atoms with Crippen LogP contribution in [0.3, 0.4) is 0 Å². The van der Waals surface area contributed by atoms with Gasteiger partial charge in [0, 0.05) is 25.3 Å². The molecule has 3 atom stereocenters. The van der Waals surface area contributed by atoms with Gasteiger partial charge in [0.1, 0.15) is 6.04 Å². The Morgan fingerprint density at radius 3 is 2.34 bits per heavy atom. The number of methoxy groups -OCH3 is 1. The van der Waals surface area contributed by atoms with E-state index in [0.717, 1.165) is 6.42 Å². The minimum Gasteiger partial charge on any atom is -0.453 e. The molecule has 2 aliphatic heterocycles. The number of likely N-dealkylation sites (tertiary alicyclic amines) is 1. The van der Waals surface area contributed by atoms with Gasteiger partial charge < -0.3 is 14.8 Å². The molecule has 0 unspecified atom stereocenters. The van der Waals surface area contributed by atoms with Crippen molar-refractivity contribution in [2.24, 2.45) is 0 Å². The Bertz CT molecular complexity index is 847. The van der Waals surface area contributed by atoms with Crippen molar-refractivity contribution >= 4 is 27.7 Å². The molecule has 29 heavy (non-hydrogen) atoms. The smallest absolute Gasteiger partial charge is 0.410 e. The lowest BCUT2D eigenvalue weighted by Gasteiger charge is -2.34. The maximum absolute atomic E-state index is 12.9. The maximum atomic E-state index is 12.9. The normalized spacial score (nSPS) is 25.6. The molecule has 1 aromatic rings. The van der Waals surface area contributed by atoms with E-state index >= 15 is 0 Å². The fourth-order valence-corrected chi connectivity index (χ4v) is 5.38. The first-order chi connectivity index (χ1) is 13.7. The van der Waals surface area contributed by atoms with Crippen LogP contribution in [0.5, 0.6) is 0 Å². The molecule has 160 valence electrons. The predicted molar refractivity (Wildman–Crippen MR) is 106 cm³/mol. The third-order valence-electron chi connectivity index (χ3n) is 5.11. The van der Waals surface area contributed by atoms with Gasteiger partial charge in [0.15, 0.2) is 0 Å². The summed E-state index contributed by atoms with van der Waals surface area (Å²) in [7, 11) is -2.36. The lowest BCUT2D eigenvalue weighted by Crippen LogP contribution is -2.48. The van der Waals surface area contributed by atoms with Gasteiger partial charge in [0.25, 0.3) is 0 Å². The highest BCUT2D eigenvalue weighted by Gasteiger charge is 2.35. The predicted octanol–water partition coefficient (Wildman–Crippen LogP) is 1.65. The SMILES string of the molecule is COC(=O)N1CCC[C@@H]1C(=O)Nc1ccc(S(=O)(=O)N2C[C@@H](C)O[C@@H](C)C2)cc1. The van der Waals surface area contributed by atoms with Gasteiger partial charge in [-0.2, -0.15) is 4.31 Å². The molecule has 2 heterocycles. The van der Waals surface area contributed by atoms with E-state index in [0.29, 0.717) is 31.7 Å². The van der Waals surface area contributed by atoms with Crippen molar-refractivity contribution in [3.63, 3.8) is 0 Å². The van der Waals surface area contributed by atoms with Gasteiger partial charge >= 0.3 is 6.09 Å². The number of nitrogens with zero attached hydrogens (tertiary/aromatic N) is 2. The summed E-state index contributed by atoms with van der Waals surface area (Å²) in [5.41, 5.74) is 0.467. The zero-order chi connectivity index (χ0) is 21.2. The number of amides is 2. The lowest BCUT2D eigenvalue weighted by atomic mass is 10.2. The van der Waals surface area contributed by atoms with Crippen LogP contribution in [0.4, 0.5) is 10.5 Å². The molecule has 0 aromatic heterocycles. The fourth-order valence-electron chi connectivity index (χ4n) is 3.79. The van der Waals surface area contributed by atoms with Gasteiger partial charge in [-0.3, -0.25) is 9.69 Å². The van der Waals surface area contributed by atoms with Gasteiger partial charge in [-0.05, 0) is 51.0 Å². The first-order valence-corrected chi connectivity index (χ1v) is 11.1. The molecule has 0 bridgehead atoms. The van der Waals surface area contributed by atoms with Crippen molar-refractivity contribution in [2.45, 2.75) is 49.8 Å². The number of hydrogen-bond acceptors (Lipinski definition) is 6. The van der Waals surface area contributed by atoms with Gasteiger partial charge in [-0.1, -0.05) is 0 Å². The van der Waals surface area contributed by atoms with Crippen LogP contribution in [-0.2, 0) is 24.3 Å². The number of sulfonamides is 1. The molecule has 1 aromatic carbocycles. The largest absolute Gasteiger partial charge is 0.453 e. The van der Waals surface area contributed by atoms with E-state index < -0.39 is 22.2 Å². The number of carbonyl (C=O) groups is 2. The topological polar surface area (TPSA) is 105 Å². The van der Waals surface area contributed by atoms with Crippen molar-refractivity contribution in [3.8, 4) is 0 Å². The lowest BCUT2D eigenvalue weighted by molar-refractivity contribution is -0.119. The number of benzene rings is 1. The number of nitrogens with one attached hydrogen (secondary N) is 1. The van der Waals surface area contributed by atoms with Crippen molar-refractivity contribution in [3.05, 3.63) is 24.3 Å². The summed E-state index contributed by atoms with van der Waals surface area (Å²) >= 11 is 0. The van der Waals surface area contributed by atoms with E-state index in [4.69, 9.17) is 9.47 Å². The van der Waals surface area contributed by atoms with E-state index in [1.807, 2.05) is 13.8 Å². The Morgan fingerprint density at radius 2 is 1.76 bits per heavy atom. The standard InChI is InChI=1S/C19H27N3O6S/c1-13-11-21(12-14(2)28-13)29(25,26)16-8-6-15(7-9-16)20-18(23)17-5-4-10-22(17)19(24)27-3/h6-9,13-14,17H,4-5,10-12H2,1-3H3,(H,20,23)/t13-,14+,17-/m1/s1. The molecule has 0 aliphatic carbocycles. The van der Waals surface area contributed by atoms with E-state index in [1.165, 1.54) is 28.4 Å². The third-order valence-corrected chi connectivity index (χ3v) is 6.96. The van der Waals surface area contributed by atoms with Crippen molar-refractivity contribution in [1.29, 1.82) is 0 Å². The zero-order valence-corrected chi connectivity index (χ0v) is 17.6. The monoisotopic (exact) mass is 425 g/mol. The summed E-state index contributed by atoms with van der Waals surface area (Å²) < 4.78 is 37.5. The molecule has 2 fully saturated rings. The molecule has 2 saturated heterocycles. The third kappa shape index (κ3) is 4.71. The Balaban J connectivity index is 1.68. The highest BCUT2D eigenvalue weighted by atomic mass is 32.2. The van der Waals surface area contributed by atoms with Crippen molar-refractivity contribution in [1.82, 2.24) is 9.21 Å². The van der Waals surface area contributed by atoms with Crippen LogP contribution in [0.15, 0.2) is 29.2 Å². The Morgan fingerprint density at radius 1 is 1.14 bits per heavy atom. The van der Waals surface area contributed by atoms with Crippen LogP contribution in [0.25, 0.3) is 0 Å². The van der Waals surface area contributed by atoms with Crippen LogP contribution in [-0.4, -0.2) is 74.6 Å². The van der Waals surface area contributed by atoms with Crippen LogP contribution in [0, 0.1) is 0 Å². The zero-order valence-electron chi connectivity index (χ0n) is 16.8. The average Bonchev–Trinajstić information content (AvgIpc) is 3.17. The Kier molecular flexibility index (Phi) is 6.45. The summed E-state index contributed by atoms with van der Waals surface area (Å²) in [5.74, 6) is -0.320. The summed E-state index contributed by atoms with van der Waals surface area (Å²) in [6.07, 6.45) is 0.409. The summed E-state index contributed by atoms with van der Waals surface area (Å²) in [6.45, 7) is 4.76. The molecule has 0 spiro atoms. The summed E-state index contributed by atoms with van der Waals surface area (Å²) in [6, 6.07) is 5.46. The van der Waals surface area contributed by atoms with E-state index in [-0.39, 0.29) is 23.0 Å². The molecular formula is C19H27N3O6S. The van der Waals surface area contributed by atoms with Gasteiger partial charge in [0.05, 0.1) is 24.2 Å². The van der Waals surface area contributed by atoms with Crippen LogP contribution in [0.2, 0.25) is 0 Å². The molecular weight excluding hydrogens is 398 g/mol. The number of ether oxygens (including phenoxy) is 2. The van der Waals surface area contributed by atoms with E-state index in [9.17, 15) is 18.0 Å². The van der Waals surface area contributed by atoms with Crippen LogP contribution < -0.4 is 5.32 Å². The minimum absolute atomic E-state index is 0.161. The maximum Gasteiger partial charge on any atom is 0.410 e. The van der Waals surface area contributed by atoms with Gasteiger partial charge in [-0.25, -0.2) is 13.2 Å². The number of rotatable bonds is 4. The molecule has 10 heteroatoms. The number of anilines is 1. The number of morpholine rings is 1. The first kappa shape index (κ1) is 21.5. The molecule has 9 nitrogen and oxygen atoms in total. The Hall–Kier alpha value is -2.17. The number of hydrogen-bond donors (Lipinski definition) is 1. The van der Waals surface area contributed by atoms with E-state index in [2.05, 4.69) is 5.32 Å². The minimum atomic E-state index is -3.64. The van der Waals surface area contributed by atoms with Gasteiger partial charge in [-0.15, -0.1) is 0 Å². The summed E-state index contributed by atoms with van der Waals surface area (Å²) in [4.78, 5) is 25.9. The Labute approximate surface area is 171 Å². The average molecular weight is 426 g/mol. The molecule has 2 amide bonds. The second-order valence-corrected chi connectivity index (χ2v) is 9.35. The fraction of sp³-hybridized carbons (Fsp3) is 0.579. The van der Waals surface area contributed by atoms with Crippen molar-refractivity contribution < 1.29 is 27.5 Å². The van der Waals surface area contributed by atoms with Crippen LogP contribution >= 0.6 is 0 Å². The molecule has 1 N–H and O–H groups in total. The quantitative estimate of drug-likeness (QED) is 0.787. The molecule has 0 radical (unpaired) electrons. The second-order valence-electron chi connectivity index (χ2n) is 7.41. The highest BCUT2D eigenvalue weighted by molar-refractivity contribution is 7.89. The highest BCUT2D eigenvalue weighted by Crippen LogP contribution is 2.24. The van der Waals surface area contributed by atoms with Crippen molar-refractivity contribution in [2.75, 3.05) is 32.1 Å². The van der Waals surface area contributed by atoms with Gasteiger partial charge in [0.2, 0.25) is 15.9 Å². The summed E-state index contributed by atoms with van der Waals surface area (Å²) in [5, 5.41) is 2.75. The molecule has 0 saturated carbocycles. The van der Waals surface area contributed by atoms with Crippen LogP contribution in [0.1, 0.15) is 26.7 Å². The first-order valence-electron chi connectivity index (χ1n) is 9.63. The number of carbonyl (C=O) groups excluding carboxylic acids is 2. The second kappa shape index (κ2) is 8.68.